The second-order valence-corrected chi connectivity index (χ2v) is 5.36. The van der Waals surface area contributed by atoms with Crippen molar-refractivity contribution >= 4 is 39.7 Å². The van der Waals surface area contributed by atoms with Crippen LogP contribution in [0.25, 0.3) is 21.7 Å². The van der Waals surface area contributed by atoms with Crippen LogP contribution in [0, 0.1) is 10.1 Å². The van der Waals surface area contributed by atoms with Crippen LogP contribution in [0.15, 0.2) is 30.3 Å². The number of fused-ring (bicyclic) bond motifs is 1. The molecule has 1 aromatic carbocycles. The highest BCUT2D eigenvalue weighted by molar-refractivity contribution is 7.19. The molecule has 0 aliphatic carbocycles. The van der Waals surface area contributed by atoms with Gasteiger partial charge in [-0.15, -0.1) is 11.3 Å². The first-order valence-corrected chi connectivity index (χ1v) is 6.23. The Bertz CT molecular complexity index is 750. The van der Waals surface area contributed by atoms with Crippen molar-refractivity contribution in [1.29, 1.82) is 0 Å². The van der Waals surface area contributed by atoms with E-state index in [-0.39, 0.29) is 5.69 Å². The van der Waals surface area contributed by atoms with Crippen molar-refractivity contribution in [1.82, 2.24) is 9.97 Å². The highest BCUT2D eigenvalue weighted by Crippen LogP contribution is 2.31. The summed E-state index contributed by atoms with van der Waals surface area (Å²) in [5, 5.41) is 10.7. The molecule has 3 aromatic rings. The molecule has 1 N–H and O–H groups in total. The van der Waals surface area contributed by atoms with Gasteiger partial charge < -0.3 is 4.98 Å². The summed E-state index contributed by atoms with van der Waals surface area (Å²) in [7, 11) is 0. The minimum Gasteiger partial charge on any atom is -0.337 e. The Hall–Kier alpha value is -1.92. The largest absolute Gasteiger partial charge is 0.337 e. The number of hydrogen-bond acceptors (Lipinski definition) is 4. The zero-order valence-corrected chi connectivity index (χ0v) is 10.5. The van der Waals surface area contributed by atoms with Gasteiger partial charge in [0, 0.05) is 12.1 Å². The number of nitrogens with one attached hydrogen (secondary N) is 1. The third-order valence-corrected chi connectivity index (χ3v) is 3.72. The number of imidazole rings is 1. The zero-order chi connectivity index (χ0) is 12.7. The SMILES string of the molecule is O=[N+]([O-])c1ccc2[nH]c(-c3ccc(Cl)s3)nc2c1. The van der Waals surface area contributed by atoms with Gasteiger partial charge in [0.15, 0.2) is 0 Å². The first kappa shape index (κ1) is 11.2. The molecule has 0 spiro atoms. The molecule has 0 bridgehead atoms. The Morgan fingerprint density at radius 1 is 1.33 bits per heavy atom. The molecule has 5 nitrogen and oxygen atoms in total. The number of rotatable bonds is 2. The van der Waals surface area contributed by atoms with Crippen LogP contribution in [0.2, 0.25) is 4.34 Å². The maximum atomic E-state index is 10.7. The van der Waals surface area contributed by atoms with Crippen LogP contribution in [-0.2, 0) is 0 Å². The van der Waals surface area contributed by atoms with E-state index in [0.717, 1.165) is 10.4 Å². The number of non-ortho nitro benzene ring substituents is 1. The van der Waals surface area contributed by atoms with Crippen LogP contribution in [0.1, 0.15) is 0 Å². The Kier molecular flexibility index (Phi) is 2.53. The van der Waals surface area contributed by atoms with Gasteiger partial charge in [-0.05, 0) is 18.2 Å². The van der Waals surface area contributed by atoms with Crippen LogP contribution >= 0.6 is 22.9 Å². The third-order valence-electron chi connectivity index (χ3n) is 2.48. The average molecular weight is 280 g/mol. The standard InChI is InChI=1S/C11H6ClN3O2S/c12-10-4-3-9(18-10)11-13-7-2-1-6(15(16)17)5-8(7)14-11/h1-5H,(H,13,14). The summed E-state index contributed by atoms with van der Waals surface area (Å²) in [6, 6.07) is 8.20. The number of halogens is 1. The fourth-order valence-corrected chi connectivity index (χ4v) is 2.65. The van der Waals surface area contributed by atoms with Crippen LogP contribution in [0.3, 0.4) is 0 Å². The van der Waals surface area contributed by atoms with Crippen LogP contribution in [0.5, 0.6) is 0 Å². The molecule has 90 valence electrons. The number of aromatic nitrogens is 2. The molecule has 3 rings (SSSR count). The molecular formula is C11H6ClN3O2S. The van der Waals surface area contributed by atoms with E-state index in [1.54, 1.807) is 12.1 Å². The number of aromatic amines is 1. The first-order chi connectivity index (χ1) is 8.63. The predicted octanol–water partition coefficient (Wildman–Crippen LogP) is 3.85. The summed E-state index contributed by atoms with van der Waals surface area (Å²) in [4.78, 5) is 18.6. The van der Waals surface area contributed by atoms with E-state index in [2.05, 4.69) is 9.97 Å². The van der Waals surface area contributed by atoms with E-state index in [4.69, 9.17) is 11.6 Å². The average Bonchev–Trinajstić information content (AvgIpc) is 2.93. The molecule has 7 heteroatoms. The van der Waals surface area contributed by atoms with Crippen molar-refractivity contribution in [3.05, 3.63) is 44.8 Å². The van der Waals surface area contributed by atoms with Gasteiger partial charge in [0.2, 0.25) is 0 Å². The molecule has 0 amide bonds. The van der Waals surface area contributed by atoms with Crippen molar-refractivity contribution in [2.75, 3.05) is 0 Å². The number of hydrogen-bond donors (Lipinski definition) is 1. The van der Waals surface area contributed by atoms with Crippen molar-refractivity contribution in [3.63, 3.8) is 0 Å². The smallest absolute Gasteiger partial charge is 0.271 e. The Labute approximate surface area is 110 Å². The van der Waals surface area contributed by atoms with Gasteiger partial charge >= 0.3 is 0 Å². The molecule has 0 saturated heterocycles. The maximum absolute atomic E-state index is 10.7. The lowest BCUT2D eigenvalue weighted by Gasteiger charge is -1.89. The normalized spacial score (nSPS) is 10.9. The molecule has 0 unspecified atom stereocenters. The van der Waals surface area contributed by atoms with Crippen LogP contribution < -0.4 is 0 Å². The summed E-state index contributed by atoms with van der Waals surface area (Å²) in [6.45, 7) is 0. The maximum Gasteiger partial charge on any atom is 0.271 e. The van der Waals surface area contributed by atoms with Gasteiger partial charge in [-0.25, -0.2) is 4.98 Å². The highest BCUT2D eigenvalue weighted by Gasteiger charge is 2.11. The zero-order valence-electron chi connectivity index (χ0n) is 8.88. The predicted molar refractivity (Wildman–Crippen MR) is 71.1 cm³/mol. The van der Waals surface area contributed by atoms with E-state index in [1.807, 2.05) is 6.07 Å². The van der Waals surface area contributed by atoms with Gasteiger partial charge in [-0.2, -0.15) is 0 Å². The fourth-order valence-electron chi connectivity index (χ4n) is 1.67. The van der Waals surface area contributed by atoms with Crippen molar-refractivity contribution in [2.24, 2.45) is 0 Å². The van der Waals surface area contributed by atoms with E-state index < -0.39 is 4.92 Å². The molecule has 0 saturated carbocycles. The monoisotopic (exact) mass is 279 g/mol. The number of nitrogens with zero attached hydrogens (tertiary/aromatic N) is 2. The molecule has 0 radical (unpaired) electrons. The molecule has 0 aliphatic rings. The number of H-pyrrole nitrogens is 1. The summed E-state index contributed by atoms with van der Waals surface area (Å²) in [5.74, 6) is 0.669. The molecular weight excluding hydrogens is 274 g/mol. The van der Waals surface area contributed by atoms with E-state index in [1.165, 1.54) is 23.5 Å². The minimum atomic E-state index is -0.435. The van der Waals surface area contributed by atoms with Crippen molar-refractivity contribution in [3.8, 4) is 10.7 Å². The molecule has 0 aliphatic heterocycles. The molecule has 0 fully saturated rings. The van der Waals surface area contributed by atoms with Gasteiger partial charge in [0.1, 0.15) is 5.82 Å². The van der Waals surface area contributed by atoms with Crippen LogP contribution in [-0.4, -0.2) is 14.9 Å². The summed E-state index contributed by atoms with van der Waals surface area (Å²) in [6.07, 6.45) is 0. The second kappa shape index (κ2) is 4.08. The number of nitro groups is 1. The Morgan fingerprint density at radius 3 is 2.83 bits per heavy atom. The lowest BCUT2D eigenvalue weighted by Crippen LogP contribution is -1.86. The van der Waals surface area contributed by atoms with E-state index in [0.29, 0.717) is 15.7 Å². The topological polar surface area (TPSA) is 71.8 Å². The number of benzene rings is 1. The van der Waals surface area contributed by atoms with Gasteiger partial charge in [-0.3, -0.25) is 10.1 Å². The van der Waals surface area contributed by atoms with Crippen molar-refractivity contribution < 1.29 is 4.92 Å². The lowest BCUT2D eigenvalue weighted by atomic mass is 10.3. The second-order valence-electron chi connectivity index (χ2n) is 3.65. The van der Waals surface area contributed by atoms with Gasteiger partial charge in [-0.1, -0.05) is 11.6 Å². The summed E-state index contributed by atoms with van der Waals surface area (Å²) >= 11 is 7.27. The summed E-state index contributed by atoms with van der Waals surface area (Å²) in [5.41, 5.74) is 1.37. The molecule has 2 heterocycles. The van der Waals surface area contributed by atoms with E-state index >= 15 is 0 Å². The first-order valence-electron chi connectivity index (χ1n) is 5.03. The molecule has 18 heavy (non-hydrogen) atoms. The fraction of sp³-hybridized carbons (Fsp3) is 0. The quantitative estimate of drug-likeness (QED) is 0.572. The lowest BCUT2D eigenvalue weighted by molar-refractivity contribution is -0.384. The van der Waals surface area contributed by atoms with Crippen molar-refractivity contribution in [2.45, 2.75) is 0 Å². The third kappa shape index (κ3) is 1.85. The van der Waals surface area contributed by atoms with Gasteiger partial charge in [0.05, 0.1) is 25.2 Å². The number of nitro benzene ring substituents is 1. The van der Waals surface area contributed by atoms with Gasteiger partial charge in [0.25, 0.3) is 5.69 Å². The molecule has 2 aromatic heterocycles. The molecule has 0 atom stereocenters. The number of thiophene rings is 1. The van der Waals surface area contributed by atoms with E-state index in [9.17, 15) is 10.1 Å². The summed E-state index contributed by atoms with van der Waals surface area (Å²) < 4.78 is 0.677. The van der Waals surface area contributed by atoms with Crippen LogP contribution in [0.4, 0.5) is 5.69 Å². The Morgan fingerprint density at radius 2 is 2.17 bits per heavy atom. The highest BCUT2D eigenvalue weighted by atomic mass is 35.5. The minimum absolute atomic E-state index is 0.0322. The Balaban J connectivity index is 2.13.